The average molecular weight is 549 g/mol. The van der Waals surface area contributed by atoms with Gasteiger partial charge in [-0.15, -0.1) is 0 Å². The minimum Gasteiger partial charge on any atom is -0.492 e. The second kappa shape index (κ2) is 8.87. The van der Waals surface area contributed by atoms with Gasteiger partial charge in [0, 0.05) is 9.89 Å². The van der Waals surface area contributed by atoms with E-state index in [0.717, 1.165) is 20.3 Å². The Kier molecular flexibility index (Phi) is 6.77. The van der Waals surface area contributed by atoms with Gasteiger partial charge in [0.05, 0.1) is 28.2 Å². The van der Waals surface area contributed by atoms with Gasteiger partial charge >= 0.3 is 0 Å². The highest BCUT2D eigenvalue weighted by molar-refractivity contribution is 9.10. The SMILES string of the molecule is CC(C)(C)COc1ccc(C=Nn2c(C(C)(C)C)nc3ccc(Br)cc3c2=O)cc1Br. The maximum absolute atomic E-state index is 13.2. The highest BCUT2D eigenvalue weighted by atomic mass is 79.9. The third-order valence-electron chi connectivity index (χ3n) is 4.42. The molecule has 0 saturated heterocycles. The molecule has 0 aliphatic carbocycles. The van der Waals surface area contributed by atoms with Gasteiger partial charge in [-0.1, -0.05) is 57.5 Å². The molecular weight excluding hydrogens is 522 g/mol. The van der Waals surface area contributed by atoms with Crippen molar-refractivity contribution in [2.45, 2.75) is 47.0 Å². The number of benzene rings is 2. The van der Waals surface area contributed by atoms with E-state index in [-0.39, 0.29) is 16.4 Å². The molecule has 164 valence electrons. The van der Waals surface area contributed by atoms with Crippen LogP contribution in [0.5, 0.6) is 5.75 Å². The number of halogens is 2. The Labute approximate surface area is 199 Å². The van der Waals surface area contributed by atoms with Gasteiger partial charge in [-0.2, -0.15) is 9.78 Å². The first-order chi connectivity index (χ1) is 14.3. The molecule has 5 nitrogen and oxygen atoms in total. The number of rotatable bonds is 4. The van der Waals surface area contributed by atoms with Crippen LogP contribution in [0.15, 0.2) is 55.2 Å². The van der Waals surface area contributed by atoms with Gasteiger partial charge in [0.2, 0.25) is 0 Å². The fourth-order valence-corrected chi connectivity index (χ4v) is 3.75. The Morgan fingerprint density at radius 2 is 1.77 bits per heavy atom. The zero-order valence-corrected chi connectivity index (χ0v) is 21.8. The summed E-state index contributed by atoms with van der Waals surface area (Å²) >= 11 is 7.00. The number of hydrogen-bond acceptors (Lipinski definition) is 4. The summed E-state index contributed by atoms with van der Waals surface area (Å²) in [4.78, 5) is 18.0. The number of fused-ring (bicyclic) bond motifs is 1. The van der Waals surface area contributed by atoms with Crippen LogP contribution in [0.4, 0.5) is 0 Å². The van der Waals surface area contributed by atoms with E-state index in [1.807, 2.05) is 51.1 Å². The van der Waals surface area contributed by atoms with Crippen molar-refractivity contribution >= 4 is 49.0 Å². The molecular formula is C24H27Br2N3O2. The molecule has 0 bridgehead atoms. The summed E-state index contributed by atoms with van der Waals surface area (Å²) in [5, 5.41) is 5.04. The van der Waals surface area contributed by atoms with Gasteiger partial charge in [-0.25, -0.2) is 4.98 Å². The molecule has 0 unspecified atom stereocenters. The Morgan fingerprint density at radius 3 is 2.39 bits per heavy atom. The van der Waals surface area contributed by atoms with E-state index >= 15 is 0 Å². The summed E-state index contributed by atoms with van der Waals surface area (Å²) in [5.41, 5.74) is 1.02. The van der Waals surface area contributed by atoms with E-state index in [1.165, 1.54) is 4.68 Å². The molecule has 0 aliphatic rings. The molecule has 0 N–H and O–H groups in total. The molecule has 1 heterocycles. The summed E-state index contributed by atoms with van der Waals surface area (Å²) in [6.07, 6.45) is 1.67. The highest BCUT2D eigenvalue weighted by Gasteiger charge is 2.23. The van der Waals surface area contributed by atoms with Crippen molar-refractivity contribution in [1.29, 1.82) is 0 Å². The van der Waals surface area contributed by atoms with E-state index in [4.69, 9.17) is 9.72 Å². The van der Waals surface area contributed by atoms with Gasteiger partial charge in [-0.05, 0) is 63.3 Å². The maximum atomic E-state index is 13.2. The molecule has 0 atom stereocenters. The third-order valence-corrected chi connectivity index (χ3v) is 5.53. The van der Waals surface area contributed by atoms with Crippen LogP contribution in [0.1, 0.15) is 52.9 Å². The standard InChI is InChI=1S/C24H27Br2N3O2/c1-23(2,3)14-31-20-10-7-15(11-18(20)26)13-27-29-21(30)17-12-16(25)8-9-19(17)28-22(29)24(4,5)6/h7-13H,14H2,1-6H3. The zero-order chi connectivity index (χ0) is 23.0. The molecule has 7 heteroatoms. The number of nitrogens with zero attached hydrogens (tertiary/aromatic N) is 3. The van der Waals surface area contributed by atoms with E-state index in [0.29, 0.717) is 23.3 Å². The summed E-state index contributed by atoms with van der Waals surface area (Å²) in [7, 11) is 0. The normalized spacial score (nSPS) is 12.6. The third kappa shape index (κ3) is 5.83. The Balaban J connectivity index is 2.01. The minimum absolute atomic E-state index is 0.0716. The molecule has 0 spiro atoms. The lowest BCUT2D eigenvalue weighted by Crippen LogP contribution is -2.29. The highest BCUT2D eigenvalue weighted by Crippen LogP contribution is 2.28. The first-order valence-electron chi connectivity index (χ1n) is 10.0. The van der Waals surface area contributed by atoms with Crippen LogP contribution in [-0.4, -0.2) is 22.5 Å². The van der Waals surface area contributed by atoms with Crippen molar-refractivity contribution in [3.05, 3.63) is 67.1 Å². The lowest BCUT2D eigenvalue weighted by atomic mass is 9.95. The molecule has 0 amide bonds. The van der Waals surface area contributed by atoms with Gasteiger partial charge in [0.25, 0.3) is 5.56 Å². The molecule has 3 aromatic rings. The Morgan fingerprint density at radius 1 is 1.06 bits per heavy atom. The van der Waals surface area contributed by atoms with Crippen LogP contribution in [-0.2, 0) is 5.41 Å². The molecule has 3 rings (SSSR count). The van der Waals surface area contributed by atoms with Crippen molar-refractivity contribution in [2.24, 2.45) is 10.5 Å². The lowest BCUT2D eigenvalue weighted by Gasteiger charge is -2.21. The van der Waals surface area contributed by atoms with E-state index in [9.17, 15) is 4.79 Å². The van der Waals surface area contributed by atoms with Crippen molar-refractivity contribution in [1.82, 2.24) is 9.66 Å². The summed E-state index contributed by atoms with van der Waals surface area (Å²) in [6.45, 7) is 13.0. The monoisotopic (exact) mass is 547 g/mol. The largest absolute Gasteiger partial charge is 0.492 e. The van der Waals surface area contributed by atoms with Crippen molar-refractivity contribution < 1.29 is 4.74 Å². The molecule has 0 aliphatic heterocycles. The predicted octanol–water partition coefficient (Wildman–Crippen LogP) is 6.53. The summed E-state index contributed by atoms with van der Waals surface area (Å²) < 4.78 is 8.96. The van der Waals surface area contributed by atoms with Crippen LogP contribution >= 0.6 is 31.9 Å². The fraction of sp³-hybridized carbons (Fsp3) is 0.375. The van der Waals surface area contributed by atoms with Crippen LogP contribution in [0.25, 0.3) is 10.9 Å². The zero-order valence-electron chi connectivity index (χ0n) is 18.7. The maximum Gasteiger partial charge on any atom is 0.282 e. The van der Waals surface area contributed by atoms with Crippen molar-refractivity contribution in [2.75, 3.05) is 6.61 Å². The molecule has 1 aromatic heterocycles. The predicted molar refractivity (Wildman–Crippen MR) is 134 cm³/mol. The van der Waals surface area contributed by atoms with Gasteiger partial charge in [0.1, 0.15) is 11.6 Å². The Hall–Kier alpha value is -1.99. The quantitative estimate of drug-likeness (QED) is 0.348. The average Bonchev–Trinajstić information content (AvgIpc) is 2.65. The smallest absolute Gasteiger partial charge is 0.282 e. The fourth-order valence-electron chi connectivity index (χ4n) is 2.87. The number of aromatic nitrogens is 2. The Bertz CT molecular complexity index is 1200. The first-order valence-corrected chi connectivity index (χ1v) is 11.6. The summed E-state index contributed by atoms with van der Waals surface area (Å²) in [5.74, 6) is 1.38. The van der Waals surface area contributed by atoms with Gasteiger partial charge in [0.15, 0.2) is 0 Å². The number of hydrogen-bond donors (Lipinski definition) is 0. The van der Waals surface area contributed by atoms with Crippen LogP contribution in [0, 0.1) is 5.41 Å². The molecule has 2 aromatic carbocycles. The second-order valence-electron chi connectivity index (χ2n) is 9.75. The molecule has 0 radical (unpaired) electrons. The number of ether oxygens (including phenoxy) is 1. The van der Waals surface area contributed by atoms with E-state index in [2.05, 4.69) is 57.7 Å². The second-order valence-corrected chi connectivity index (χ2v) is 11.5. The van der Waals surface area contributed by atoms with Crippen LogP contribution in [0.2, 0.25) is 0 Å². The van der Waals surface area contributed by atoms with Gasteiger partial charge in [-0.3, -0.25) is 4.79 Å². The van der Waals surface area contributed by atoms with Crippen molar-refractivity contribution in [3.8, 4) is 5.75 Å². The molecule has 0 fully saturated rings. The topological polar surface area (TPSA) is 56.5 Å². The molecule has 0 saturated carbocycles. The van der Waals surface area contributed by atoms with Crippen LogP contribution < -0.4 is 10.3 Å². The van der Waals surface area contributed by atoms with E-state index < -0.39 is 0 Å². The van der Waals surface area contributed by atoms with E-state index in [1.54, 1.807) is 12.3 Å². The summed E-state index contributed by atoms with van der Waals surface area (Å²) in [6, 6.07) is 11.3. The van der Waals surface area contributed by atoms with Crippen LogP contribution in [0.3, 0.4) is 0 Å². The molecule has 31 heavy (non-hydrogen) atoms. The van der Waals surface area contributed by atoms with Gasteiger partial charge < -0.3 is 4.74 Å². The lowest BCUT2D eigenvalue weighted by molar-refractivity contribution is 0.197. The first kappa shape index (κ1) is 23.7. The van der Waals surface area contributed by atoms with Crippen molar-refractivity contribution in [3.63, 3.8) is 0 Å². The minimum atomic E-state index is -0.358.